The molecule has 0 radical (unpaired) electrons. The van der Waals surface area contributed by atoms with E-state index in [1.165, 1.54) is 6.92 Å². The van der Waals surface area contributed by atoms with E-state index >= 15 is 0 Å². The van der Waals surface area contributed by atoms with Gasteiger partial charge in [0.05, 0.1) is 34.4 Å². The lowest BCUT2D eigenvalue weighted by molar-refractivity contribution is -0.922. The third-order valence-corrected chi connectivity index (χ3v) is 8.48. The number of rotatable bonds is 23. The lowest BCUT2D eigenvalue weighted by Gasteiger charge is -2.44. The summed E-state index contributed by atoms with van der Waals surface area (Å²) in [5.74, 6) is -8.28. The number of esters is 8. The molecule has 0 saturated carbocycles. The Hall–Kier alpha value is -4.58. The molecule has 4 unspecified atom stereocenters. The molecule has 0 aromatic rings. The van der Waals surface area contributed by atoms with Crippen molar-refractivity contribution in [2.45, 2.75) is 98.0 Å². The van der Waals surface area contributed by atoms with Crippen LogP contribution in [0, 0.1) is 5.92 Å². The van der Waals surface area contributed by atoms with Crippen LogP contribution in [0.4, 0.5) is 0 Å². The molecule has 0 amide bonds. The Bertz CT molecular complexity index is 1330. The Kier molecular flexibility index (Phi) is 21.2. The lowest BCUT2D eigenvalue weighted by atomic mass is 9.86. The number of ether oxygens (including phenoxy) is 8. The van der Waals surface area contributed by atoms with Gasteiger partial charge in [-0.25, -0.2) is 4.79 Å². The van der Waals surface area contributed by atoms with Crippen LogP contribution in [0.1, 0.15) is 74.1 Å². The predicted molar refractivity (Wildman–Crippen MR) is 182 cm³/mol. The topological polar surface area (TPSA) is 231 Å². The quantitative estimate of drug-likeness (QED) is 0.0505. The number of carbonyl (C=O) groups is 8. The van der Waals surface area contributed by atoms with Crippen LogP contribution in [0.5, 0.6) is 0 Å². The van der Waals surface area contributed by atoms with E-state index in [-0.39, 0.29) is 12.2 Å². The number of allylic oxidation sites excluding steroid dienone is 1. The van der Waals surface area contributed by atoms with Crippen LogP contribution in [0.3, 0.4) is 0 Å². The summed E-state index contributed by atoms with van der Waals surface area (Å²) in [6, 6.07) is 0. The zero-order valence-corrected chi connectivity index (χ0v) is 32.6. The number of aliphatic hydroxyl groups is 1. The highest BCUT2D eigenvalue weighted by Gasteiger charge is 2.44. The number of hydrogen-bond acceptors (Lipinski definition) is 17. The van der Waals surface area contributed by atoms with Gasteiger partial charge in [0, 0.05) is 5.57 Å². The van der Waals surface area contributed by atoms with Crippen molar-refractivity contribution in [3.05, 3.63) is 11.1 Å². The summed E-state index contributed by atoms with van der Waals surface area (Å²) >= 11 is 0. The first-order valence-electron chi connectivity index (χ1n) is 16.8. The SMILES string of the molecule is CCC(O)COC(=O)CC(=O)OCC(COC(=O)CC(=O)OCC(COC(=O)CC(=O)OC)OC(=O)C(C)C(C)(C)[N+](C)(C)C)OC(=O)C(C)=C(C)C. The maximum absolute atomic E-state index is 13.1. The maximum atomic E-state index is 13.1. The van der Waals surface area contributed by atoms with Gasteiger partial charge in [-0.15, -0.1) is 0 Å². The van der Waals surface area contributed by atoms with Crippen molar-refractivity contribution >= 4 is 47.8 Å². The number of carbonyl (C=O) groups excluding carboxylic acids is 8. The van der Waals surface area contributed by atoms with Crippen molar-refractivity contribution < 1.29 is 85.8 Å². The normalized spacial score (nSPS) is 13.5. The van der Waals surface area contributed by atoms with Gasteiger partial charge in [0.1, 0.15) is 63.8 Å². The van der Waals surface area contributed by atoms with E-state index in [2.05, 4.69) is 4.74 Å². The average molecular weight is 763 g/mol. The van der Waals surface area contributed by atoms with Gasteiger partial charge in [-0.2, -0.15) is 0 Å². The monoisotopic (exact) mass is 762 g/mol. The Morgan fingerprint density at radius 1 is 0.623 bits per heavy atom. The van der Waals surface area contributed by atoms with Crippen molar-refractivity contribution in [3.8, 4) is 0 Å². The molecule has 0 aliphatic carbocycles. The molecule has 0 fully saturated rings. The summed E-state index contributed by atoms with van der Waals surface area (Å²) in [6.07, 6.45) is -5.70. The maximum Gasteiger partial charge on any atom is 0.334 e. The second-order valence-electron chi connectivity index (χ2n) is 13.7. The predicted octanol–water partition coefficient (Wildman–Crippen LogP) is 1.12. The zero-order chi connectivity index (χ0) is 41.1. The molecule has 0 aliphatic heterocycles. The van der Waals surface area contributed by atoms with Crippen LogP contribution in [-0.4, -0.2) is 142 Å². The van der Waals surface area contributed by atoms with Crippen molar-refractivity contribution in [1.29, 1.82) is 0 Å². The molecule has 18 nitrogen and oxygen atoms in total. The van der Waals surface area contributed by atoms with E-state index in [4.69, 9.17) is 33.2 Å². The molecule has 0 aliphatic rings. The van der Waals surface area contributed by atoms with E-state index in [1.54, 1.807) is 27.7 Å². The molecule has 0 bridgehead atoms. The molecular formula is C35H56NO17+. The van der Waals surface area contributed by atoms with Gasteiger partial charge in [-0.05, 0) is 48.0 Å². The first kappa shape index (κ1) is 48.4. The summed E-state index contributed by atoms with van der Waals surface area (Å²) in [5, 5.41) is 9.50. The summed E-state index contributed by atoms with van der Waals surface area (Å²) in [6.45, 7) is 8.99. The minimum Gasteiger partial charge on any atom is -0.469 e. The largest absolute Gasteiger partial charge is 0.469 e. The smallest absolute Gasteiger partial charge is 0.334 e. The Morgan fingerprint density at radius 3 is 1.32 bits per heavy atom. The van der Waals surface area contributed by atoms with E-state index in [0.717, 1.165) is 7.11 Å². The summed E-state index contributed by atoms with van der Waals surface area (Å²) in [5.41, 5.74) is 0.232. The van der Waals surface area contributed by atoms with Gasteiger partial charge < -0.3 is 47.5 Å². The van der Waals surface area contributed by atoms with Gasteiger partial charge in [0.25, 0.3) is 0 Å². The number of methoxy groups -OCH3 is 1. The number of hydrogen-bond donors (Lipinski definition) is 1. The molecule has 0 heterocycles. The highest BCUT2D eigenvalue weighted by Crippen LogP contribution is 2.28. The standard InChI is InChI=1S/C35H56NO17/c1-12-24(37)16-47-29(40)14-30(41)49-17-25(52-33(44)22(4)21(2)3)18-50-31(42)15-32(43)51-20-26(19-48-28(39)13-27(38)46-11)53-34(45)23(5)35(6,7)36(8,9)10/h23-26,37H,12-20H2,1-11H3/q+1. The molecular weight excluding hydrogens is 706 g/mol. The molecule has 0 spiro atoms. The molecule has 18 heteroatoms. The molecule has 0 aromatic heterocycles. The number of nitrogens with zero attached hydrogens (tertiary/aromatic N) is 1. The van der Waals surface area contributed by atoms with E-state index < -0.39 is 123 Å². The van der Waals surface area contributed by atoms with E-state index in [1.807, 2.05) is 35.0 Å². The molecule has 1 N–H and O–H groups in total. The Morgan fingerprint density at radius 2 is 0.981 bits per heavy atom. The number of aliphatic hydroxyl groups excluding tert-OH is 1. The second-order valence-corrected chi connectivity index (χ2v) is 13.7. The van der Waals surface area contributed by atoms with E-state index in [9.17, 15) is 43.5 Å². The minimum atomic E-state index is -1.35. The van der Waals surface area contributed by atoms with Crippen LogP contribution < -0.4 is 0 Å². The molecule has 0 rings (SSSR count). The molecule has 0 saturated heterocycles. The van der Waals surface area contributed by atoms with Crippen molar-refractivity contribution in [2.75, 3.05) is 61.3 Å². The Labute approximate surface area is 309 Å². The lowest BCUT2D eigenvalue weighted by Crippen LogP contribution is -2.59. The van der Waals surface area contributed by atoms with Crippen LogP contribution in [-0.2, 0) is 76.3 Å². The molecule has 302 valence electrons. The first-order valence-corrected chi connectivity index (χ1v) is 16.8. The van der Waals surface area contributed by atoms with Gasteiger partial charge >= 0.3 is 47.8 Å². The zero-order valence-electron chi connectivity index (χ0n) is 32.6. The van der Waals surface area contributed by atoms with Crippen LogP contribution >= 0.6 is 0 Å². The first-order chi connectivity index (χ1) is 24.4. The fraction of sp³-hybridized carbons (Fsp3) is 0.714. The van der Waals surface area contributed by atoms with Crippen molar-refractivity contribution in [1.82, 2.24) is 0 Å². The molecule has 0 aromatic carbocycles. The van der Waals surface area contributed by atoms with Crippen LogP contribution in [0.15, 0.2) is 11.1 Å². The Balaban J connectivity index is 5.49. The van der Waals surface area contributed by atoms with Crippen molar-refractivity contribution in [2.24, 2.45) is 5.92 Å². The fourth-order valence-electron chi connectivity index (χ4n) is 3.54. The summed E-state index contributed by atoms with van der Waals surface area (Å²) in [4.78, 5) is 98.2. The third-order valence-electron chi connectivity index (χ3n) is 8.48. The molecule has 4 atom stereocenters. The van der Waals surface area contributed by atoms with Crippen LogP contribution in [0.25, 0.3) is 0 Å². The van der Waals surface area contributed by atoms with Crippen molar-refractivity contribution in [3.63, 3.8) is 0 Å². The fourth-order valence-corrected chi connectivity index (χ4v) is 3.54. The van der Waals surface area contributed by atoms with Gasteiger partial charge in [0.2, 0.25) is 0 Å². The van der Waals surface area contributed by atoms with E-state index in [0.29, 0.717) is 16.5 Å². The summed E-state index contributed by atoms with van der Waals surface area (Å²) < 4.78 is 40.6. The number of quaternary nitrogens is 1. The van der Waals surface area contributed by atoms with Gasteiger partial charge in [-0.1, -0.05) is 12.5 Å². The van der Waals surface area contributed by atoms with Crippen LogP contribution in [0.2, 0.25) is 0 Å². The van der Waals surface area contributed by atoms with Gasteiger partial charge in [0.15, 0.2) is 12.2 Å². The minimum absolute atomic E-state index is 0.232. The second kappa shape index (κ2) is 23.2. The molecule has 53 heavy (non-hydrogen) atoms. The highest BCUT2D eigenvalue weighted by atomic mass is 16.6. The average Bonchev–Trinajstić information content (AvgIpc) is 3.07. The highest BCUT2D eigenvalue weighted by molar-refractivity contribution is 5.92. The van der Waals surface area contributed by atoms with Gasteiger partial charge in [-0.3, -0.25) is 33.6 Å². The summed E-state index contributed by atoms with van der Waals surface area (Å²) in [7, 11) is 6.75. The third kappa shape index (κ3) is 19.2.